The molecule has 0 spiro atoms. The summed E-state index contributed by atoms with van der Waals surface area (Å²) in [5, 5.41) is 1.75. The predicted octanol–water partition coefficient (Wildman–Crippen LogP) is 7.00. The second kappa shape index (κ2) is 14.4. The molecule has 0 aliphatic heterocycles. The van der Waals surface area contributed by atoms with Crippen molar-refractivity contribution in [3.63, 3.8) is 0 Å². The van der Waals surface area contributed by atoms with Crippen molar-refractivity contribution in [2.75, 3.05) is 13.7 Å². The fraction of sp³-hybridized carbons (Fsp3) is 0.600. The van der Waals surface area contributed by atoms with Gasteiger partial charge in [-0.05, 0) is 85.5 Å². The Bertz CT molecular complexity index is 1010. The van der Waals surface area contributed by atoms with Crippen LogP contribution in [0, 0.1) is 11.8 Å². The molecular formula is C35H52O4Si. The topological polar surface area (TPSA) is 47.9 Å². The fourth-order valence-electron chi connectivity index (χ4n) is 6.85. The standard InChI is InChI=1S/C35H52O4Si/c1-6-34(38-26-28-21-22-29-15-13-14-16-30(29)25-28)39-33(27(2)37-5)23-24-35(3,4)40(36,31-17-9-7-10-18-31)32-19-11-8-12-20-32/h7-12,17-20,22,27-28,30,33-34,36H,6,13-16,21,23-26H2,1-5H3/t27-,28?,30?,33?,34+/m0/s1. The molecule has 0 amide bonds. The van der Waals surface area contributed by atoms with Crippen LogP contribution in [0.25, 0.3) is 0 Å². The average Bonchev–Trinajstić information content (AvgIpc) is 3.00. The molecule has 1 N–H and O–H groups in total. The van der Waals surface area contributed by atoms with Crippen LogP contribution in [0.4, 0.5) is 0 Å². The number of ether oxygens (including phenoxy) is 3. The average molecular weight is 565 g/mol. The molecule has 0 heterocycles. The van der Waals surface area contributed by atoms with Gasteiger partial charge in [0.2, 0.25) is 0 Å². The predicted molar refractivity (Wildman–Crippen MR) is 168 cm³/mol. The molecule has 2 aliphatic rings. The van der Waals surface area contributed by atoms with Crippen molar-refractivity contribution in [3.8, 4) is 0 Å². The summed E-state index contributed by atoms with van der Waals surface area (Å²) in [4.78, 5) is 12.6. The van der Waals surface area contributed by atoms with Crippen molar-refractivity contribution in [1.82, 2.24) is 0 Å². The van der Waals surface area contributed by atoms with E-state index in [-0.39, 0.29) is 23.5 Å². The molecule has 5 heteroatoms. The van der Waals surface area contributed by atoms with Gasteiger partial charge in [0, 0.05) is 7.11 Å². The lowest BCUT2D eigenvalue weighted by Gasteiger charge is -2.42. The second-order valence-electron chi connectivity index (χ2n) is 12.7. The Morgan fingerprint density at radius 1 is 1.00 bits per heavy atom. The van der Waals surface area contributed by atoms with Crippen molar-refractivity contribution in [2.45, 2.75) is 109 Å². The zero-order chi connectivity index (χ0) is 28.6. The first-order chi connectivity index (χ1) is 19.3. The third kappa shape index (κ3) is 7.35. The van der Waals surface area contributed by atoms with E-state index in [1.54, 1.807) is 12.7 Å². The van der Waals surface area contributed by atoms with Crippen molar-refractivity contribution >= 4 is 18.7 Å². The molecule has 2 aromatic carbocycles. The lowest BCUT2D eigenvalue weighted by Crippen LogP contribution is -2.65. The fourth-order valence-corrected chi connectivity index (χ4v) is 10.6. The van der Waals surface area contributed by atoms with Crippen LogP contribution in [0.5, 0.6) is 0 Å². The van der Waals surface area contributed by atoms with Crippen LogP contribution in [0.3, 0.4) is 0 Å². The van der Waals surface area contributed by atoms with Crippen LogP contribution in [0.1, 0.15) is 85.5 Å². The van der Waals surface area contributed by atoms with E-state index < -0.39 is 8.32 Å². The summed E-state index contributed by atoms with van der Waals surface area (Å²) in [6.45, 7) is 9.42. The maximum atomic E-state index is 12.6. The lowest BCUT2D eigenvalue weighted by atomic mass is 9.74. The summed E-state index contributed by atoms with van der Waals surface area (Å²) in [6.07, 6.45) is 12.3. The first-order valence-corrected chi connectivity index (χ1v) is 17.6. The van der Waals surface area contributed by atoms with Crippen LogP contribution in [0.2, 0.25) is 5.04 Å². The molecule has 0 aromatic heterocycles. The molecule has 220 valence electrons. The van der Waals surface area contributed by atoms with Gasteiger partial charge in [-0.15, -0.1) is 0 Å². The Balaban J connectivity index is 1.43. The molecule has 4 rings (SSSR count). The molecule has 3 unspecified atom stereocenters. The van der Waals surface area contributed by atoms with Crippen LogP contribution in [0.15, 0.2) is 72.3 Å². The quantitative estimate of drug-likeness (QED) is 0.153. The normalized spacial score (nSPS) is 22.2. The van der Waals surface area contributed by atoms with Gasteiger partial charge in [-0.3, -0.25) is 0 Å². The highest BCUT2D eigenvalue weighted by atomic mass is 28.4. The van der Waals surface area contributed by atoms with Gasteiger partial charge in [0.1, 0.15) is 0 Å². The Morgan fingerprint density at radius 2 is 1.65 bits per heavy atom. The van der Waals surface area contributed by atoms with Gasteiger partial charge in [0.05, 0.1) is 18.8 Å². The third-order valence-corrected chi connectivity index (χ3v) is 14.2. The van der Waals surface area contributed by atoms with Gasteiger partial charge >= 0.3 is 0 Å². The minimum atomic E-state index is -3.07. The van der Waals surface area contributed by atoms with Gasteiger partial charge in [-0.1, -0.05) is 99.5 Å². The van der Waals surface area contributed by atoms with E-state index in [2.05, 4.69) is 58.0 Å². The van der Waals surface area contributed by atoms with Crippen LogP contribution >= 0.6 is 0 Å². The van der Waals surface area contributed by atoms with E-state index in [1.165, 1.54) is 32.1 Å². The maximum absolute atomic E-state index is 12.6. The van der Waals surface area contributed by atoms with Gasteiger partial charge in [0.15, 0.2) is 6.29 Å². The Hall–Kier alpha value is -1.76. The van der Waals surface area contributed by atoms with Crippen molar-refractivity contribution in [1.29, 1.82) is 0 Å². The van der Waals surface area contributed by atoms with Crippen molar-refractivity contribution < 1.29 is 19.0 Å². The smallest absolute Gasteiger partial charge is 0.258 e. The molecule has 0 radical (unpaired) electrons. The van der Waals surface area contributed by atoms with Crippen molar-refractivity contribution in [3.05, 3.63) is 72.3 Å². The molecule has 2 aromatic rings. The number of hydrogen-bond donors (Lipinski definition) is 1. The zero-order valence-corrected chi connectivity index (χ0v) is 26.5. The summed E-state index contributed by atoms with van der Waals surface area (Å²) in [7, 11) is -1.32. The van der Waals surface area contributed by atoms with Gasteiger partial charge in [-0.25, -0.2) is 0 Å². The second-order valence-corrected chi connectivity index (χ2v) is 16.6. The molecule has 1 fully saturated rings. The minimum absolute atomic E-state index is 0.0703. The van der Waals surface area contributed by atoms with E-state index in [0.29, 0.717) is 5.92 Å². The van der Waals surface area contributed by atoms with E-state index >= 15 is 0 Å². The van der Waals surface area contributed by atoms with E-state index in [1.807, 2.05) is 36.4 Å². The molecule has 2 aliphatic carbocycles. The summed E-state index contributed by atoms with van der Waals surface area (Å²) >= 11 is 0. The highest BCUT2D eigenvalue weighted by Crippen LogP contribution is 2.41. The summed E-state index contributed by atoms with van der Waals surface area (Å²) < 4.78 is 18.9. The van der Waals surface area contributed by atoms with Crippen LogP contribution in [-0.2, 0) is 14.2 Å². The number of hydrogen-bond acceptors (Lipinski definition) is 4. The molecular weight excluding hydrogens is 512 g/mol. The minimum Gasteiger partial charge on any atom is -0.424 e. The van der Waals surface area contributed by atoms with Crippen LogP contribution in [-0.4, -0.2) is 45.3 Å². The summed E-state index contributed by atoms with van der Waals surface area (Å²) in [5.74, 6) is 1.36. The molecule has 0 saturated heterocycles. The maximum Gasteiger partial charge on any atom is 0.258 e. The largest absolute Gasteiger partial charge is 0.424 e. The number of methoxy groups -OCH3 is 1. The first kappa shape index (κ1) is 31.2. The number of benzene rings is 2. The van der Waals surface area contributed by atoms with Crippen molar-refractivity contribution in [2.24, 2.45) is 11.8 Å². The lowest BCUT2D eigenvalue weighted by molar-refractivity contribution is -0.201. The monoisotopic (exact) mass is 564 g/mol. The highest BCUT2D eigenvalue weighted by molar-refractivity contribution is 6.98. The molecule has 0 bridgehead atoms. The molecule has 5 atom stereocenters. The Kier molecular flexibility index (Phi) is 11.2. The van der Waals surface area contributed by atoms with E-state index in [9.17, 15) is 4.80 Å². The summed E-state index contributed by atoms with van der Waals surface area (Å²) in [6, 6.07) is 20.5. The van der Waals surface area contributed by atoms with Gasteiger partial charge < -0.3 is 19.0 Å². The van der Waals surface area contributed by atoms with Gasteiger partial charge in [-0.2, -0.15) is 0 Å². The third-order valence-electron chi connectivity index (χ3n) is 9.61. The van der Waals surface area contributed by atoms with E-state index in [4.69, 9.17) is 14.2 Å². The highest BCUT2D eigenvalue weighted by Gasteiger charge is 2.50. The first-order valence-electron chi connectivity index (χ1n) is 15.6. The molecule has 4 nitrogen and oxygen atoms in total. The SMILES string of the molecule is CC[C@H](OCC1CC=C2CCCCC2C1)OC(CCC(C)(C)[Si](O)(c1ccccc1)c1ccccc1)[C@H](C)OC. The molecule has 40 heavy (non-hydrogen) atoms. The summed E-state index contributed by atoms with van der Waals surface area (Å²) in [5.41, 5.74) is 1.71. The number of allylic oxidation sites excluding steroid dienone is 2. The zero-order valence-electron chi connectivity index (χ0n) is 25.5. The Labute approximate surface area is 244 Å². The number of rotatable bonds is 14. The van der Waals surface area contributed by atoms with Gasteiger partial charge in [0.25, 0.3) is 8.32 Å². The van der Waals surface area contributed by atoms with E-state index in [0.717, 1.165) is 48.6 Å². The molecule has 1 saturated carbocycles. The number of fused-ring (bicyclic) bond motifs is 1. The van der Waals surface area contributed by atoms with Crippen LogP contribution < -0.4 is 10.4 Å². The Morgan fingerprint density at radius 3 is 2.25 bits per heavy atom.